The van der Waals surface area contributed by atoms with E-state index >= 15 is 0 Å². The summed E-state index contributed by atoms with van der Waals surface area (Å²) >= 11 is 0. The third-order valence-corrected chi connectivity index (χ3v) is 0.673. The van der Waals surface area contributed by atoms with Crippen molar-refractivity contribution in [1.82, 2.24) is 0 Å². The van der Waals surface area contributed by atoms with Crippen molar-refractivity contribution in [3.63, 3.8) is 0 Å². The molecule has 0 bridgehead atoms. The van der Waals surface area contributed by atoms with E-state index in [2.05, 4.69) is 11.3 Å². The van der Waals surface area contributed by atoms with E-state index in [1.165, 1.54) is 0 Å². The monoisotopic (exact) mass is 341 g/mol. The predicted molar refractivity (Wildman–Crippen MR) is 41.4 cm³/mol. The van der Waals surface area contributed by atoms with Crippen molar-refractivity contribution in [2.75, 3.05) is 13.2 Å². The Labute approximate surface area is 79.5 Å². The number of carbonyl (C=O) groups excluding carboxylic acids is 1. The molecule has 0 fully saturated rings. The maximum absolute atomic E-state index is 10.5. The second-order valence-corrected chi connectivity index (χ2v) is 1.64. The molecule has 0 aliphatic carbocycles. The summed E-state index contributed by atoms with van der Waals surface area (Å²) in [6, 6.07) is 0. The first-order valence-corrected chi connectivity index (χ1v) is 2.62. The average Bonchev–Trinajstić information content (AvgIpc) is 1.82. The first-order chi connectivity index (χ1) is 4.18. The molecule has 0 saturated carbocycles. The molecule has 0 aromatic carbocycles. The molecule has 4 heteroatoms. The summed E-state index contributed by atoms with van der Waals surface area (Å²) in [4.78, 5) is 10.5. The van der Waals surface area contributed by atoms with Crippen LogP contribution in [0.25, 0.3) is 0 Å². The number of carbonyl (C=O) groups is 1. The van der Waals surface area contributed by atoms with Crippen molar-refractivity contribution in [2.45, 2.75) is 6.92 Å². The first-order valence-electron chi connectivity index (χ1n) is 2.62. The van der Waals surface area contributed by atoms with Gasteiger partial charge in [0.2, 0.25) is 0 Å². The Bertz CT molecular complexity index is 122. The number of aliphatic hydroxyl groups excluding tert-OH is 1. The fourth-order valence-electron chi connectivity index (χ4n) is 0.262. The van der Waals surface area contributed by atoms with Crippen LogP contribution in [0.15, 0.2) is 12.2 Å². The molecule has 0 saturated heterocycles. The second kappa shape index (κ2) is 7.18. The molecule has 0 aromatic rings. The number of rotatable bonds is 3. The van der Waals surface area contributed by atoms with Gasteiger partial charge in [0.1, 0.15) is 6.61 Å². The van der Waals surface area contributed by atoms with Gasteiger partial charge in [0.15, 0.2) is 0 Å². The van der Waals surface area contributed by atoms with Gasteiger partial charge >= 0.3 is 32.5 Å². The van der Waals surface area contributed by atoms with Crippen LogP contribution in [0.2, 0.25) is 0 Å². The molecule has 0 aliphatic heterocycles. The molecular formula is C6H12O3Po. The van der Waals surface area contributed by atoms with Crippen LogP contribution in [-0.4, -0.2) is 50.9 Å². The molecule has 0 aliphatic rings. The summed E-state index contributed by atoms with van der Waals surface area (Å²) in [7, 11) is 0. The molecule has 0 amide bonds. The number of ether oxygens (including phenoxy) is 1. The quantitative estimate of drug-likeness (QED) is 0.539. The summed E-state index contributed by atoms with van der Waals surface area (Å²) in [6.45, 7) is 4.81. The van der Waals surface area contributed by atoms with Crippen LogP contribution in [0, 0.1) is 0 Å². The van der Waals surface area contributed by atoms with Crippen molar-refractivity contribution in [2.24, 2.45) is 0 Å². The van der Waals surface area contributed by atoms with E-state index in [-0.39, 0.29) is 39.8 Å². The molecule has 0 radical (unpaired) electrons. The van der Waals surface area contributed by atoms with Crippen LogP contribution in [0.1, 0.15) is 6.92 Å². The number of hydrogen-bond acceptors (Lipinski definition) is 3. The van der Waals surface area contributed by atoms with Crippen LogP contribution in [0.3, 0.4) is 0 Å². The van der Waals surface area contributed by atoms with Crippen LogP contribution in [-0.2, 0) is 9.53 Å². The van der Waals surface area contributed by atoms with Crippen molar-refractivity contribution in [3.8, 4) is 0 Å². The van der Waals surface area contributed by atoms with E-state index in [1.54, 1.807) is 6.92 Å². The van der Waals surface area contributed by atoms with E-state index < -0.39 is 5.97 Å². The molecule has 60 valence electrons. The molecular weight excluding hydrogens is 329 g/mol. The van der Waals surface area contributed by atoms with Gasteiger partial charge in [-0.2, -0.15) is 0 Å². The van der Waals surface area contributed by atoms with Crippen LogP contribution in [0.4, 0.5) is 0 Å². The first kappa shape index (κ1) is 12.7. The standard InChI is InChI=1S/C6H10O3.Po.2H/c1-5(2)6(8)9-4-3-7;;;/h7H,1,3-4H2,2H3;;;. The Morgan fingerprint density at radius 1 is 1.70 bits per heavy atom. The summed E-state index contributed by atoms with van der Waals surface area (Å²) < 4.78 is 4.46. The summed E-state index contributed by atoms with van der Waals surface area (Å²) in [5, 5.41) is 8.19. The molecule has 0 atom stereocenters. The van der Waals surface area contributed by atoms with E-state index in [0.29, 0.717) is 5.57 Å². The van der Waals surface area contributed by atoms with Gasteiger partial charge in [-0.15, -0.1) is 0 Å². The summed E-state index contributed by atoms with van der Waals surface area (Å²) in [5.74, 6) is -0.455. The van der Waals surface area contributed by atoms with Crippen molar-refractivity contribution < 1.29 is 14.6 Å². The fraction of sp³-hybridized carbons (Fsp3) is 0.500. The molecule has 10 heavy (non-hydrogen) atoms. The van der Waals surface area contributed by atoms with E-state index in [4.69, 9.17) is 5.11 Å². The maximum atomic E-state index is 10.5. The molecule has 0 spiro atoms. The number of esters is 1. The van der Waals surface area contributed by atoms with Gasteiger partial charge < -0.3 is 9.84 Å². The van der Waals surface area contributed by atoms with Crippen LogP contribution >= 0.6 is 0 Å². The fourth-order valence-corrected chi connectivity index (χ4v) is 0.262. The van der Waals surface area contributed by atoms with Crippen molar-refractivity contribution in [3.05, 3.63) is 12.2 Å². The van der Waals surface area contributed by atoms with Gasteiger partial charge in [0.25, 0.3) is 0 Å². The zero-order valence-corrected chi connectivity index (χ0v) is 9.77. The third-order valence-electron chi connectivity index (χ3n) is 0.673. The van der Waals surface area contributed by atoms with Gasteiger partial charge in [-0.05, 0) is 6.92 Å². The zero-order valence-electron chi connectivity index (χ0n) is 5.89. The minimum absolute atomic E-state index is 0. The van der Waals surface area contributed by atoms with E-state index in [0.717, 1.165) is 0 Å². The Kier molecular flexibility index (Phi) is 9.13. The molecule has 3 nitrogen and oxygen atoms in total. The van der Waals surface area contributed by atoms with Crippen LogP contribution < -0.4 is 0 Å². The normalized spacial score (nSPS) is 7.80. The molecule has 0 aromatic heterocycles. The SMILES string of the molecule is C=C(C)C(=O)OCCO.[PoH2]. The predicted octanol–water partition coefficient (Wildman–Crippen LogP) is -0.818. The average molecular weight is 341 g/mol. The molecule has 0 unspecified atom stereocenters. The van der Waals surface area contributed by atoms with E-state index in [1.807, 2.05) is 0 Å². The van der Waals surface area contributed by atoms with Crippen molar-refractivity contribution >= 4 is 32.5 Å². The summed E-state index contributed by atoms with van der Waals surface area (Å²) in [6.07, 6.45) is 0. The summed E-state index contributed by atoms with van der Waals surface area (Å²) in [5.41, 5.74) is 0.350. The van der Waals surface area contributed by atoms with Gasteiger partial charge in [-0.1, -0.05) is 6.58 Å². The third kappa shape index (κ3) is 6.19. The Morgan fingerprint density at radius 2 is 2.20 bits per heavy atom. The topological polar surface area (TPSA) is 46.5 Å². The van der Waals surface area contributed by atoms with Crippen molar-refractivity contribution in [1.29, 1.82) is 0 Å². The zero-order chi connectivity index (χ0) is 7.28. The number of hydrogen-bond donors (Lipinski definition) is 1. The van der Waals surface area contributed by atoms with E-state index in [9.17, 15) is 4.79 Å². The Hall–Kier alpha value is 0.0661. The van der Waals surface area contributed by atoms with Gasteiger partial charge in [0.05, 0.1) is 6.61 Å². The van der Waals surface area contributed by atoms with Gasteiger partial charge in [-0.25, -0.2) is 4.79 Å². The minimum atomic E-state index is -0.455. The number of aliphatic hydroxyl groups is 1. The van der Waals surface area contributed by atoms with Gasteiger partial charge in [0, 0.05) is 5.57 Å². The Morgan fingerprint density at radius 3 is 2.50 bits per heavy atom. The molecule has 0 heterocycles. The van der Waals surface area contributed by atoms with Crippen LogP contribution in [0.5, 0.6) is 0 Å². The molecule has 0 rings (SSSR count). The Balaban J connectivity index is 0. The van der Waals surface area contributed by atoms with Gasteiger partial charge in [-0.3, -0.25) is 0 Å². The second-order valence-electron chi connectivity index (χ2n) is 1.64. The molecule has 1 N–H and O–H groups in total.